The van der Waals surface area contributed by atoms with E-state index >= 15 is 0 Å². The summed E-state index contributed by atoms with van der Waals surface area (Å²) in [5, 5.41) is 2.86. The summed E-state index contributed by atoms with van der Waals surface area (Å²) in [6, 6.07) is 12.9. The van der Waals surface area contributed by atoms with E-state index in [1.165, 1.54) is 5.57 Å². The molecule has 3 rings (SSSR count). The van der Waals surface area contributed by atoms with Gasteiger partial charge >= 0.3 is 0 Å². The average Bonchev–Trinajstić information content (AvgIpc) is 2.83. The van der Waals surface area contributed by atoms with Gasteiger partial charge in [0.1, 0.15) is 11.9 Å². The van der Waals surface area contributed by atoms with Crippen molar-refractivity contribution in [1.82, 2.24) is 9.88 Å². The molecule has 5 heteroatoms. The molecule has 1 unspecified atom stereocenters. The van der Waals surface area contributed by atoms with Gasteiger partial charge in [-0.1, -0.05) is 75.4 Å². The number of carbonyl (C=O) groups is 1. The van der Waals surface area contributed by atoms with E-state index < -0.39 is 0 Å². The normalized spacial score (nSPS) is 18.7. The van der Waals surface area contributed by atoms with Crippen molar-refractivity contribution in [3.63, 3.8) is 0 Å². The van der Waals surface area contributed by atoms with Crippen molar-refractivity contribution in [3.8, 4) is 5.88 Å². The molecule has 1 aromatic carbocycles. The van der Waals surface area contributed by atoms with Gasteiger partial charge in [-0.25, -0.2) is 0 Å². The fraction of sp³-hybridized carbons (Fsp3) is 0.379. The average molecular weight is 462 g/mol. The van der Waals surface area contributed by atoms with Crippen LogP contribution in [-0.2, 0) is 0 Å². The van der Waals surface area contributed by atoms with Gasteiger partial charge in [0.05, 0.1) is 0 Å². The van der Waals surface area contributed by atoms with Gasteiger partial charge < -0.3 is 10.1 Å². The number of aryl methyl sites for hydroxylation is 1. The van der Waals surface area contributed by atoms with Crippen LogP contribution in [-0.4, -0.2) is 41.5 Å². The van der Waals surface area contributed by atoms with Crippen molar-refractivity contribution >= 4 is 11.7 Å². The summed E-state index contributed by atoms with van der Waals surface area (Å²) in [5.74, 6) is 1.22. The maximum Gasteiger partial charge on any atom is 0.256 e. The molecule has 2 atom stereocenters. The third-order valence-corrected chi connectivity index (χ3v) is 5.58. The topological polar surface area (TPSA) is 54.5 Å². The lowest BCUT2D eigenvalue weighted by atomic mass is 9.96. The maximum absolute atomic E-state index is 12.5. The minimum atomic E-state index is -0.180. The van der Waals surface area contributed by atoms with E-state index in [0.717, 1.165) is 31.6 Å². The molecule has 34 heavy (non-hydrogen) atoms. The molecule has 1 saturated heterocycles. The van der Waals surface area contributed by atoms with Gasteiger partial charge in [0.25, 0.3) is 5.91 Å². The molecule has 0 bridgehead atoms. The van der Waals surface area contributed by atoms with Crippen LogP contribution in [0.3, 0.4) is 0 Å². The molecule has 2 heterocycles. The van der Waals surface area contributed by atoms with Crippen LogP contribution in [0.2, 0.25) is 0 Å². The Morgan fingerprint density at radius 2 is 1.97 bits per heavy atom. The molecule has 1 fully saturated rings. The zero-order valence-electron chi connectivity index (χ0n) is 21.3. The minimum Gasteiger partial charge on any atom is -0.474 e. The second kappa shape index (κ2) is 14.2. The fourth-order valence-electron chi connectivity index (χ4n) is 3.91. The van der Waals surface area contributed by atoms with Crippen LogP contribution in [0.1, 0.15) is 50.0 Å². The number of ether oxygens (including phenoxy) is 1. The van der Waals surface area contributed by atoms with Gasteiger partial charge in [0.15, 0.2) is 0 Å². The number of anilines is 1. The van der Waals surface area contributed by atoms with Gasteiger partial charge in [0.2, 0.25) is 5.88 Å². The van der Waals surface area contributed by atoms with Gasteiger partial charge in [-0.2, -0.15) is 4.98 Å². The van der Waals surface area contributed by atoms with E-state index in [0.29, 0.717) is 23.2 Å². The van der Waals surface area contributed by atoms with Crippen molar-refractivity contribution in [3.05, 3.63) is 90.0 Å². The number of allylic oxidation sites excluding steroid dienone is 3. The van der Waals surface area contributed by atoms with Gasteiger partial charge in [-0.3, -0.25) is 9.69 Å². The van der Waals surface area contributed by atoms with E-state index in [-0.39, 0.29) is 12.0 Å². The number of piperidine rings is 1. The van der Waals surface area contributed by atoms with Gasteiger partial charge in [-0.15, -0.1) is 0 Å². The molecule has 1 amide bonds. The molecule has 0 aliphatic carbocycles. The first-order chi connectivity index (χ1) is 16.5. The van der Waals surface area contributed by atoms with Gasteiger partial charge in [-0.05, 0) is 44.0 Å². The van der Waals surface area contributed by atoms with Gasteiger partial charge in [0, 0.05) is 37.2 Å². The number of pyridine rings is 1. The third-order valence-electron chi connectivity index (χ3n) is 5.58. The van der Waals surface area contributed by atoms with Crippen LogP contribution in [0.5, 0.6) is 5.88 Å². The standard InChI is InChI=1S/C27H33N3O2.C2H6/c1-5-8-22(9-6-2)19-30-17-16-24(21(4)18-30)32-26-11-7-10-25(28-26)29-27(31)23-14-12-20(3)13-15-23;1-2/h5-15,21,24H,1,16-19H2,2-4H3,(H,28,29,31);1-2H3/b9-6-,22-8+;/t21-,24?;/m1./s1. The summed E-state index contributed by atoms with van der Waals surface area (Å²) in [7, 11) is 0. The molecule has 1 aliphatic rings. The Bertz CT molecular complexity index is 979. The van der Waals surface area contributed by atoms with E-state index in [1.807, 2.05) is 70.2 Å². The lowest BCUT2D eigenvalue weighted by Crippen LogP contribution is -2.45. The Balaban J connectivity index is 0.00000199. The molecule has 0 spiro atoms. The monoisotopic (exact) mass is 461 g/mol. The summed E-state index contributed by atoms with van der Waals surface area (Å²) < 4.78 is 6.23. The second-order valence-electron chi connectivity index (χ2n) is 8.32. The Hall–Kier alpha value is -3.18. The number of nitrogens with zero attached hydrogens (tertiary/aromatic N) is 2. The molecule has 5 nitrogen and oxygen atoms in total. The lowest BCUT2D eigenvalue weighted by Gasteiger charge is -2.36. The molecule has 0 saturated carbocycles. The van der Waals surface area contributed by atoms with Crippen molar-refractivity contribution in [2.45, 2.75) is 47.1 Å². The first kappa shape index (κ1) is 27.1. The number of aromatic nitrogens is 1. The lowest BCUT2D eigenvalue weighted by molar-refractivity contribution is 0.0538. The Morgan fingerprint density at radius 1 is 1.24 bits per heavy atom. The Kier molecular flexibility index (Phi) is 11.3. The molecular formula is C29H39N3O2. The number of likely N-dealkylation sites (tertiary alicyclic amines) is 1. The Morgan fingerprint density at radius 3 is 2.62 bits per heavy atom. The molecule has 1 aromatic heterocycles. The number of hydrogen-bond acceptors (Lipinski definition) is 4. The Labute approximate surface area is 205 Å². The number of carbonyl (C=O) groups excluding carboxylic acids is 1. The number of amides is 1. The number of nitrogens with one attached hydrogen (secondary N) is 1. The predicted octanol–water partition coefficient (Wildman–Crippen LogP) is 6.45. The van der Waals surface area contributed by atoms with Crippen LogP contribution in [0, 0.1) is 12.8 Å². The predicted molar refractivity (Wildman–Crippen MR) is 142 cm³/mol. The number of benzene rings is 1. The van der Waals surface area contributed by atoms with Crippen molar-refractivity contribution in [1.29, 1.82) is 0 Å². The van der Waals surface area contributed by atoms with E-state index in [1.54, 1.807) is 6.07 Å². The molecule has 1 N–H and O–H groups in total. The molecule has 182 valence electrons. The first-order valence-electron chi connectivity index (χ1n) is 12.2. The minimum absolute atomic E-state index is 0.0929. The summed E-state index contributed by atoms with van der Waals surface area (Å²) in [4.78, 5) is 19.4. The highest BCUT2D eigenvalue weighted by Gasteiger charge is 2.28. The highest BCUT2D eigenvalue weighted by atomic mass is 16.5. The number of hydrogen-bond donors (Lipinski definition) is 1. The second-order valence-corrected chi connectivity index (χ2v) is 8.32. The summed E-state index contributed by atoms with van der Waals surface area (Å²) in [6.07, 6.45) is 9.12. The van der Waals surface area contributed by atoms with Crippen molar-refractivity contribution < 1.29 is 9.53 Å². The maximum atomic E-state index is 12.5. The van der Waals surface area contributed by atoms with E-state index in [2.05, 4.69) is 46.9 Å². The van der Waals surface area contributed by atoms with E-state index in [9.17, 15) is 4.79 Å². The molecule has 1 aliphatic heterocycles. The van der Waals surface area contributed by atoms with Crippen molar-refractivity contribution in [2.75, 3.05) is 25.0 Å². The van der Waals surface area contributed by atoms with Crippen LogP contribution < -0.4 is 10.1 Å². The SMILES string of the molecule is C=C/C=C(\C=C/C)CN1CCC(Oc2cccc(NC(=O)c3ccc(C)cc3)n2)[C@H](C)C1.CC. The largest absolute Gasteiger partial charge is 0.474 e. The highest BCUT2D eigenvalue weighted by Crippen LogP contribution is 2.24. The number of rotatable bonds is 8. The molecule has 0 radical (unpaired) electrons. The fourth-order valence-corrected chi connectivity index (χ4v) is 3.91. The summed E-state index contributed by atoms with van der Waals surface area (Å²) in [5.41, 5.74) is 2.98. The van der Waals surface area contributed by atoms with Crippen molar-refractivity contribution in [2.24, 2.45) is 5.92 Å². The summed E-state index contributed by atoms with van der Waals surface area (Å²) in [6.45, 7) is 16.9. The third kappa shape index (κ3) is 8.31. The van der Waals surface area contributed by atoms with E-state index in [4.69, 9.17) is 4.74 Å². The quantitative estimate of drug-likeness (QED) is 0.459. The van der Waals surface area contributed by atoms with Crippen LogP contribution in [0.4, 0.5) is 5.82 Å². The highest BCUT2D eigenvalue weighted by molar-refractivity contribution is 6.03. The molecular weight excluding hydrogens is 422 g/mol. The van der Waals surface area contributed by atoms with Crippen LogP contribution in [0.15, 0.2) is 78.9 Å². The van der Waals surface area contributed by atoms with Crippen LogP contribution >= 0.6 is 0 Å². The molecule has 2 aromatic rings. The van der Waals surface area contributed by atoms with Crippen LogP contribution in [0.25, 0.3) is 0 Å². The first-order valence-corrected chi connectivity index (χ1v) is 12.2. The zero-order chi connectivity index (χ0) is 24.9. The summed E-state index contributed by atoms with van der Waals surface area (Å²) >= 11 is 0. The zero-order valence-corrected chi connectivity index (χ0v) is 21.3. The smallest absolute Gasteiger partial charge is 0.256 e.